The minimum Gasteiger partial charge on any atom is -0.371 e. The highest BCUT2D eigenvalue weighted by Gasteiger charge is 2.50. The Kier molecular flexibility index (Phi) is 16.9. The summed E-state index contributed by atoms with van der Waals surface area (Å²) in [5, 5.41) is 19.1. The number of nitrogens with one attached hydrogen (secondary N) is 5. The van der Waals surface area contributed by atoms with Crippen LogP contribution in [0.4, 0.5) is 41.6 Å². The van der Waals surface area contributed by atoms with E-state index in [2.05, 4.69) is 75.4 Å². The number of hydrogen-bond donors (Lipinski definition) is 6. The molecule has 2 spiro atoms. The van der Waals surface area contributed by atoms with Gasteiger partial charge in [0.1, 0.15) is 0 Å². The Hall–Kier alpha value is -7.42. The van der Waals surface area contributed by atoms with E-state index in [1.54, 1.807) is 26.1 Å². The number of piperidine rings is 2. The molecule has 0 bridgehead atoms. The molecule has 4 saturated heterocycles. The first-order valence-electron chi connectivity index (χ1n) is 30.8. The van der Waals surface area contributed by atoms with E-state index in [4.69, 9.17) is 39.9 Å². The van der Waals surface area contributed by atoms with Crippen LogP contribution in [-0.2, 0) is 56.6 Å². The quantitative estimate of drug-likeness (QED) is 0.0924. The van der Waals surface area contributed by atoms with Crippen LogP contribution < -0.4 is 30.1 Å². The van der Waals surface area contributed by atoms with Gasteiger partial charge in [-0.15, -0.1) is 0 Å². The van der Waals surface area contributed by atoms with Gasteiger partial charge in [0.15, 0.2) is 0 Å². The summed E-state index contributed by atoms with van der Waals surface area (Å²) in [5.74, 6) is 0.145. The Balaban J connectivity index is 0.000000113. The Bertz CT molecular complexity index is 4710. The van der Waals surface area contributed by atoms with Gasteiger partial charge in [-0.05, 0) is 124 Å². The summed E-state index contributed by atoms with van der Waals surface area (Å²) in [7, 11) is -4.91. The predicted molar refractivity (Wildman–Crippen MR) is 366 cm³/mol. The van der Waals surface area contributed by atoms with Gasteiger partial charge >= 0.3 is 6.18 Å². The molecule has 11 heterocycles. The lowest BCUT2D eigenvalue weighted by molar-refractivity contribution is -0.137. The SMILES string of the molecule is CC1(C)CN(c2cc(C(F)(F)F)cc3[nH]ccc23)CCN1S(C)(=O)=O.Cn1ncc2c1CCN(c1cc(Cl)cc3[nH]ccc13)C2.NS(=O)(=O)N1CC2(CCN(c3cc(Cl)cc4[nH]ccc34)CC2)C1.O=C1Nc2ccccc2C12CCN(c1cc(Cl)cc3[nH]ccc13)CC2. The molecule has 5 aromatic carbocycles. The van der Waals surface area contributed by atoms with Gasteiger partial charge in [-0.2, -0.15) is 35.3 Å². The highest BCUT2D eigenvalue weighted by molar-refractivity contribution is 7.88. The monoisotopic (exact) mass is 1370 g/mol. The van der Waals surface area contributed by atoms with Crippen molar-refractivity contribution >= 4 is 133 Å². The van der Waals surface area contributed by atoms with Crippen molar-refractivity contribution in [1.82, 2.24) is 38.3 Å². The van der Waals surface area contributed by atoms with Gasteiger partial charge in [-0.1, -0.05) is 53.0 Å². The number of para-hydroxylation sites is 1. The number of carbonyl (C=O) groups is 1. The van der Waals surface area contributed by atoms with Crippen LogP contribution in [0.15, 0.2) is 128 Å². The molecule has 27 heteroatoms. The largest absolute Gasteiger partial charge is 0.416 e. The summed E-state index contributed by atoms with van der Waals surface area (Å²) >= 11 is 18.8. The van der Waals surface area contributed by atoms with Gasteiger partial charge in [0.2, 0.25) is 15.9 Å². The Morgan fingerprint density at radius 3 is 1.57 bits per heavy atom. The van der Waals surface area contributed by atoms with E-state index in [1.807, 2.05) is 89.9 Å². The number of amides is 1. The molecule has 0 unspecified atom stereocenters. The number of nitrogens with two attached hydrogens (primary N) is 1. The molecule has 0 atom stereocenters. The molecule has 1 amide bonds. The van der Waals surface area contributed by atoms with Crippen molar-refractivity contribution in [1.29, 1.82) is 0 Å². The molecule has 0 aliphatic carbocycles. The summed E-state index contributed by atoms with van der Waals surface area (Å²) in [6.07, 6.45) is 10.7. The lowest BCUT2D eigenvalue weighted by Crippen LogP contribution is -2.63. The van der Waals surface area contributed by atoms with Crippen LogP contribution in [0.2, 0.25) is 15.1 Å². The van der Waals surface area contributed by atoms with Crippen molar-refractivity contribution in [2.45, 2.75) is 69.6 Å². The minimum absolute atomic E-state index is 0.0960. The van der Waals surface area contributed by atoms with E-state index in [0.29, 0.717) is 42.8 Å². The number of fused-ring (bicyclic) bond motifs is 7. The molecule has 4 fully saturated rings. The standard InChI is InChI=1S/C20H18ClN3O.C16H20F3N3O2S.C15H19ClN4O2S.C15H15ClN4/c21-13-11-17-14(5-8-22-17)18(12-13)24-9-6-20(7-10-24)15-3-1-2-4-16(15)23-19(20)25;1-15(2)10-21(6-7-22(15)25(3,23)24)14-9-11(16(17,18)19)8-13-12(14)4-5-20-13;16-11-7-13-12(1-4-18-13)14(8-11)19-5-2-15(3-6-19)9-20(10-15)23(17,21)22;1-19-14-3-5-20(9-10(14)8-18-19)15-7-11(16)6-13-12(15)2-4-17-13/h1-5,8,11-12,22H,6-7,9-10H2,(H,23,25);4-5,8-9,20H,6-7,10H2,1-3H3;1,4,7-8,18H,2-3,5-6,9-10H2,(H2,17,21,22);2,4,6-8,17H,3,5,9H2,1H3. The number of anilines is 5. The average Bonchev–Trinajstić information content (AvgIpc) is 1.65. The molecular weight excluding hydrogens is 1300 g/mol. The molecule has 7 N–H and O–H groups in total. The van der Waals surface area contributed by atoms with Gasteiger partial charge in [0.05, 0.1) is 23.4 Å². The van der Waals surface area contributed by atoms with Gasteiger partial charge < -0.3 is 44.9 Å². The highest BCUT2D eigenvalue weighted by Crippen LogP contribution is 2.48. The average molecular weight is 1370 g/mol. The molecule has 0 radical (unpaired) electrons. The summed E-state index contributed by atoms with van der Waals surface area (Å²) in [4.78, 5) is 34.1. The number of halogens is 6. The molecule has 6 aliphatic heterocycles. The number of aryl methyl sites for hydroxylation is 1. The first kappa shape index (κ1) is 64.3. The summed E-state index contributed by atoms with van der Waals surface area (Å²) in [6.45, 7) is 10.9. The van der Waals surface area contributed by atoms with Crippen molar-refractivity contribution in [3.63, 3.8) is 0 Å². The van der Waals surface area contributed by atoms with E-state index in [9.17, 15) is 34.8 Å². The first-order chi connectivity index (χ1) is 44.1. The van der Waals surface area contributed by atoms with Crippen LogP contribution >= 0.6 is 34.8 Å². The van der Waals surface area contributed by atoms with Crippen molar-refractivity contribution in [3.05, 3.63) is 165 Å². The van der Waals surface area contributed by atoms with Crippen LogP contribution in [0, 0.1) is 5.41 Å². The second kappa shape index (κ2) is 24.4. The molecule has 93 heavy (non-hydrogen) atoms. The molecule has 19 nitrogen and oxygen atoms in total. The number of hydrogen-bond acceptors (Lipinski definition) is 10. The number of sulfonamides is 1. The van der Waals surface area contributed by atoms with E-state index in [1.165, 1.54) is 41.7 Å². The highest BCUT2D eigenvalue weighted by atomic mass is 35.5. The number of rotatable bonds is 6. The first-order valence-corrected chi connectivity index (χ1v) is 35.3. The maximum Gasteiger partial charge on any atom is 0.416 e. The molecule has 490 valence electrons. The fourth-order valence-corrected chi connectivity index (χ4v) is 17.7. The zero-order chi connectivity index (χ0) is 65.6. The predicted octanol–water partition coefficient (Wildman–Crippen LogP) is 12.4. The molecule has 16 rings (SSSR count). The van der Waals surface area contributed by atoms with Gasteiger partial charge in [0, 0.05) is 220 Å². The third-order valence-corrected chi connectivity index (χ3v) is 22.6. The number of benzene rings is 5. The van der Waals surface area contributed by atoms with Gasteiger partial charge in [-0.25, -0.2) is 13.6 Å². The minimum atomic E-state index is -4.45. The fraction of sp³-hybridized carbons (Fsp3) is 0.364. The Morgan fingerprint density at radius 1 is 0.591 bits per heavy atom. The number of alkyl halides is 3. The van der Waals surface area contributed by atoms with Crippen molar-refractivity contribution in [2.75, 3.05) is 96.6 Å². The zero-order valence-electron chi connectivity index (χ0n) is 51.7. The fourth-order valence-electron chi connectivity index (χ4n) is 14.8. The van der Waals surface area contributed by atoms with Gasteiger partial charge in [0.25, 0.3) is 10.2 Å². The van der Waals surface area contributed by atoms with Crippen LogP contribution in [0.25, 0.3) is 43.6 Å². The summed E-state index contributed by atoms with van der Waals surface area (Å²) in [6, 6.07) is 30.3. The number of carbonyl (C=O) groups excluding carboxylic acids is 1. The van der Waals surface area contributed by atoms with Crippen LogP contribution in [0.5, 0.6) is 0 Å². The maximum atomic E-state index is 13.2. The molecule has 10 aromatic rings. The Morgan fingerprint density at radius 2 is 1.08 bits per heavy atom. The third kappa shape index (κ3) is 12.6. The number of H-pyrrole nitrogens is 4. The number of piperazine rings is 1. The summed E-state index contributed by atoms with van der Waals surface area (Å²) < 4.78 is 91.0. The normalized spacial score (nSPS) is 18.8. The molecule has 5 aromatic heterocycles. The molecular formula is C66H72Cl3F3N14O5S2. The van der Waals surface area contributed by atoms with Crippen molar-refractivity contribution in [2.24, 2.45) is 17.6 Å². The molecule has 0 saturated carbocycles. The van der Waals surface area contributed by atoms with Crippen molar-refractivity contribution < 1.29 is 34.8 Å². The lowest BCUT2D eigenvalue weighted by Gasteiger charge is -2.52. The van der Waals surface area contributed by atoms with Crippen LogP contribution in [0.3, 0.4) is 0 Å². The topological polar surface area (TPSA) is 224 Å². The zero-order valence-corrected chi connectivity index (χ0v) is 55.6. The van der Waals surface area contributed by atoms with E-state index >= 15 is 0 Å². The summed E-state index contributed by atoms with van der Waals surface area (Å²) in [5.41, 5.74) is 10.6. The van der Waals surface area contributed by atoms with Crippen LogP contribution in [-0.4, -0.2) is 138 Å². The second-order valence-corrected chi connectivity index (χ2v) is 30.6. The smallest absolute Gasteiger partial charge is 0.371 e. The van der Waals surface area contributed by atoms with Crippen LogP contribution in [0.1, 0.15) is 61.9 Å². The van der Waals surface area contributed by atoms with E-state index in [0.717, 1.165) is 144 Å². The Labute approximate surface area is 552 Å². The van der Waals surface area contributed by atoms with E-state index < -0.39 is 37.5 Å². The second-order valence-electron chi connectivity index (χ2n) is 25.9. The number of nitrogens with zero attached hydrogens (tertiary/aromatic N) is 8. The number of aromatic nitrogens is 6. The van der Waals surface area contributed by atoms with Crippen molar-refractivity contribution in [3.8, 4) is 0 Å². The van der Waals surface area contributed by atoms with Gasteiger partial charge in [-0.3, -0.25) is 9.48 Å². The lowest BCUT2D eigenvalue weighted by atomic mass is 9.73. The molecule has 6 aliphatic rings. The van der Waals surface area contributed by atoms with E-state index in [-0.39, 0.29) is 23.3 Å². The third-order valence-electron chi connectivity index (χ3n) is 19.5. The maximum absolute atomic E-state index is 13.2. The number of aromatic amines is 4.